The lowest BCUT2D eigenvalue weighted by Crippen LogP contribution is -2.14. The van der Waals surface area contributed by atoms with Crippen LogP contribution in [-0.4, -0.2) is 14.8 Å². The molecule has 1 aromatic carbocycles. The summed E-state index contributed by atoms with van der Waals surface area (Å²) >= 11 is 5.75. The Kier molecular flexibility index (Phi) is 2.82. The largest absolute Gasteiger partial charge is 0.452 e. The highest BCUT2D eigenvalue weighted by atomic mass is 35.5. The number of benzene rings is 1. The molecule has 3 nitrogen and oxygen atoms in total. The number of hydrogen-bond acceptors (Lipinski definition) is 2. The van der Waals surface area contributed by atoms with Crippen molar-refractivity contribution in [2.75, 3.05) is 0 Å². The zero-order chi connectivity index (χ0) is 12.6. The third-order valence-corrected chi connectivity index (χ3v) is 2.45. The standard InChI is InChI=1S/C10H7ClF3N3/c1-6-4-7(11)2-3-8(6)17-5-15-16-9(17)10(12,13)14/h2-5H,1H3. The van der Waals surface area contributed by atoms with E-state index in [9.17, 15) is 13.2 Å². The SMILES string of the molecule is Cc1cc(Cl)ccc1-n1cnnc1C(F)(F)F. The molecule has 0 aliphatic carbocycles. The van der Waals surface area contributed by atoms with Gasteiger partial charge in [-0.05, 0) is 30.7 Å². The van der Waals surface area contributed by atoms with Gasteiger partial charge < -0.3 is 0 Å². The van der Waals surface area contributed by atoms with E-state index in [1.165, 1.54) is 12.1 Å². The molecule has 0 spiro atoms. The van der Waals surface area contributed by atoms with Crippen molar-refractivity contribution < 1.29 is 13.2 Å². The van der Waals surface area contributed by atoms with Gasteiger partial charge in [-0.25, -0.2) is 0 Å². The van der Waals surface area contributed by atoms with Gasteiger partial charge in [0.25, 0.3) is 0 Å². The van der Waals surface area contributed by atoms with Crippen LogP contribution in [0.3, 0.4) is 0 Å². The van der Waals surface area contributed by atoms with Gasteiger partial charge in [-0.3, -0.25) is 4.57 Å². The maximum absolute atomic E-state index is 12.6. The number of halogens is 4. The Morgan fingerprint density at radius 3 is 2.59 bits per heavy atom. The predicted molar refractivity (Wildman–Crippen MR) is 56.1 cm³/mol. The van der Waals surface area contributed by atoms with Gasteiger partial charge in [0.15, 0.2) is 0 Å². The lowest BCUT2D eigenvalue weighted by molar-refractivity contribution is -0.146. The van der Waals surface area contributed by atoms with E-state index < -0.39 is 12.0 Å². The summed E-state index contributed by atoms with van der Waals surface area (Å²) in [5, 5.41) is 6.84. The second-order valence-electron chi connectivity index (χ2n) is 3.45. The number of alkyl halides is 3. The van der Waals surface area contributed by atoms with Crippen molar-refractivity contribution in [3.63, 3.8) is 0 Å². The normalized spacial score (nSPS) is 11.8. The Balaban J connectivity index is 2.58. The lowest BCUT2D eigenvalue weighted by Gasteiger charge is -2.11. The minimum atomic E-state index is -4.54. The maximum Gasteiger partial charge on any atom is 0.452 e. The summed E-state index contributed by atoms with van der Waals surface area (Å²) in [6.07, 6.45) is -3.51. The molecule has 0 N–H and O–H groups in total. The first kappa shape index (κ1) is 11.9. The molecule has 0 unspecified atom stereocenters. The van der Waals surface area contributed by atoms with Crippen LogP contribution in [0.5, 0.6) is 0 Å². The topological polar surface area (TPSA) is 30.7 Å². The summed E-state index contributed by atoms with van der Waals surface area (Å²) in [6, 6.07) is 4.59. The van der Waals surface area contributed by atoms with Crippen LogP contribution in [0.2, 0.25) is 5.02 Å². The van der Waals surface area contributed by atoms with Crippen molar-refractivity contribution in [2.24, 2.45) is 0 Å². The van der Waals surface area contributed by atoms with E-state index in [0.717, 1.165) is 10.9 Å². The average molecular weight is 262 g/mol. The highest BCUT2D eigenvalue weighted by Gasteiger charge is 2.37. The van der Waals surface area contributed by atoms with Gasteiger partial charge in [-0.1, -0.05) is 11.6 Å². The smallest absolute Gasteiger partial charge is 0.278 e. The number of hydrogen-bond donors (Lipinski definition) is 0. The Labute approximate surface area is 99.8 Å². The van der Waals surface area contributed by atoms with Gasteiger partial charge in [0.2, 0.25) is 5.82 Å². The fourth-order valence-electron chi connectivity index (χ4n) is 1.49. The molecular formula is C10H7ClF3N3. The predicted octanol–water partition coefficient (Wildman–Crippen LogP) is 3.25. The molecule has 0 amide bonds. The minimum Gasteiger partial charge on any atom is -0.278 e. The average Bonchev–Trinajstić information content (AvgIpc) is 2.65. The number of nitrogens with zero attached hydrogens (tertiary/aromatic N) is 3. The molecule has 0 saturated heterocycles. The second-order valence-corrected chi connectivity index (χ2v) is 3.89. The second kappa shape index (κ2) is 4.03. The molecular weight excluding hydrogens is 255 g/mol. The lowest BCUT2D eigenvalue weighted by atomic mass is 10.2. The van der Waals surface area contributed by atoms with Crippen LogP contribution in [0.15, 0.2) is 24.5 Å². The molecule has 0 aliphatic rings. The van der Waals surface area contributed by atoms with Gasteiger partial charge in [0.1, 0.15) is 6.33 Å². The number of aromatic nitrogens is 3. The van der Waals surface area contributed by atoms with Crippen LogP contribution in [0.1, 0.15) is 11.4 Å². The molecule has 90 valence electrons. The summed E-state index contributed by atoms with van der Waals surface area (Å²) in [4.78, 5) is 0. The molecule has 0 bridgehead atoms. The van der Waals surface area contributed by atoms with E-state index >= 15 is 0 Å². The first-order chi connectivity index (χ1) is 7.89. The quantitative estimate of drug-likeness (QED) is 0.789. The molecule has 7 heteroatoms. The first-order valence-corrected chi connectivity index (χ1v) is 5.01. The molecule has 0 fully saturated rings. The summed E-state index contributed by atoms with van der Waals surface area (Å²) in [5.41, 5.74) is 0.967. The van der Waals surface area contributed by atoms with E-state index in [1.54, 1.807) is 13.0 Å². The summed E-state index contributed by atoms with van der Waals surface area (Å²) < 4.78 is 38.8. The third kappa shape index (κ3) is 2.26. The van der Waals surface area contributed by atoms with Crippen LogP contribution in [0.25, 0.3) is 5.69 Å². The molecule has 0 aliphatic heterocycles. The van der Waals surface area contributed by atoms with Crippen molar-refractivity contribution >= 4 is 11.6 Å². The highest BCUT2D eigenvalue weighted by Crippen LogP contribution is 2.30. The fraction of sp³-hybridized carbons (Fsp3) is 0.200. The molecule has 0 saturated carbocycles. The zero-order valence-electron chi connectivity index (χ0n) is 8.66. The van der Waals surface area contributed by atoms with Crippen molar-refractivity contribution in [2.45, 2.75) is 13.1 Å². The molecule has 17 heavy (non-hydrogen) atoms. The van der Waals surface area contributed by atoms with Crippen LogP contribution in [-0.2, 0) is 6.18 Å². The van der Waals surface area contributed by atoms with Gasteiger partial charge in [0.05, 0.1) is 5.69 Å². The minimum absolute atomic E-state index is 0.353. The van der Waals surface area contributed by atoms with E-state index in [-0.39, 0.29) is 0 Å². The van der Waals surface area contributed by atoms with Crippen molar-refractivity contribution in [1.29, 1.82) is 0 Å². The summed E-state index contributed by atoms with van der Waals surface area (Å²) in [5.74, 6) is -1.05. The van der Waals surface area contributed by atoms with Gasteiger partial charge in [-0.2, -0.15) is 13.2 Å². The Bertz CT molecular complexity index is 548. The van der Waals surface area contributed by atoms with Gasteiger partial charge in [-0.15, -0.1) is 10.2 Å². The highest BCUT2D eigenvalue weighted by molar-refractivity contribution is 6.30. The van der Waals surface area contributed by atoms with Crippen LogP contribution >= 0.6 is 11.6 Å². The van der Waals surface area contributed by atoms with E-state index in [2.05, 4.69) is 10.2 Å². The van der Waals surface area contributed by atoms with Crippen molar-refractivity contribution in [1.82, 2.24) is 14.8 Å². The van der Waals surface area contributed by atoms with Crippen molar-refractivity contribution in [3.8, 4) is 5.69 Å². The van der Waals surface area contributed by atoms with E-state index in [1.807, 2.05) is 0 Å². The molecule has 0 radical (unpaired) electrons. The zero-order valence-corrected chi connectivity index (χ0v) is 9.42. The van der Waals surface area contributed by atoms with Crippen molar-refractivity contribution in [3.05, 3.63) is 40.9 Å². The Morgan fingerprint density at radius 2 is 2.00 bits per heavy atom. The number of aryl methyl sites for hydroxylation is 1. The molecule has 1 aromatic heterocycles. The fourth-order valence-corrected chi connectivity index (χ4v) is 1.72. The maximum atomic E-state index is 12.6. The molecule has 1 heterocycles. The molecule has 0 atom stereocenters. The van der Waals surface area contributed by atoms with Crippen LogP contribution in [0.4, 0.5) is 13.2 Å². The molecule has 2 aromatic rings. The Hall–Kier alpha value is -1.56. The third-order valence-electron chi connectivity index (χ3n) is 2.22. The molecule has 2 rings (SSSR count). The van der Waals surface area contributed by atoms with E-state index in [4.69, 9.17) is 11.6 Å². The van der Waals surface area contributed by atoms with Crippen LogP contribution < -0.4 is 0 Å². The van der Waals surface area contributed by atoms with E-state index in [0.29, 0.717) is 16.3 Å². The first-order valence-electron chi connectivity index (χ1n) is 4.63. The monoisotopic (exact) mass is 261 g/mol. The van der Waals surface area contributed by atoms with Crippen LogP contribution in [0, 0.1) is 6.92 Å². The van der Waals surface area contributed by atoms with Gasteiger partial charge >= 0.3 is 6.18 Å². The summed E-state index contributed by atoms with van der Waals surface area (Å²) in [7, 11) is 0. The Morgan fingerprint density at radius 1 is 1.29 bits per heavy atom. The summed E-state index contributed by atoms with van der Waals surface area (Å²) in [6.45, 7) is 1.67. The number of rotatable bonds is 1. The van der Waals surface area contributed by atoms with Gasteiger partial charge in [0, 0.05) is 5.02 Å².